The van der Waals surface area contributed by atoms with Gasteiger partial charge in [-0.25, -0.2) is 4.79 Å². The number of carbonyl (C=O) groups excluding carboxylic acids is 2. The van der Waals surface area contributed by atoms with E-state index < -0.39 is 0 Å². The van der Waals surface area contributed by atoms with Crippen molar-refractivity contribution in [2.24, 2.45) is 0 Å². The fourth-order valence-electron chi connectivity index (χ4n) is 4.78. The normalized spacial score (nSPS) is 18.9. The van der Waals surface area contributed by atoms with Crippen molar-refractivity contribution in [1.82, 2.24) is 15.1 Å². The molecular formula is C29H36N6O4S. The van der Waals surface area contributed by atoms with Gasteiger partial charge in [0.1, 0.15) is 5.76 Å². The molecule has 3 aliphatic heterocycles. The molecule has 5 rings (SSSR count). The van der Waals surface area contributed by atoms with Crippen molar-refractivity contribution >= 4 is 40.9 Å². The van der Waals surface area contributed by atoms with Crippen molar-refractivity contribution in [1.29, 1.82) is 0 Å². The third kappa shape index (κ3) is 6.90. The first-order valence-electron chi connectivity index (χ1n) is 13.4. The Bertz CT molecular complexity index is 1270. The zero-order chi connectivity index (χ0) is 28.1. The van der Waals surface area contributed by atoms with Crippen LogP contribution in [0.25, 0.3) is 0 Å². The van der Waals surface area contributed by atoms with E-state index in [0.717, 1.165) is 36.1 Å². The molecule has 0 saturated carbocycles. The highest BCUT2D eigenvalue weighted by Gasteiger charge is 2.29. The summed E-state index contributed by atoms with van der Waals surface area (Å²) in [5.74, 6) is 0.767. The van der Waals surface area contributed by atoms with Gasteiger partial charge in [0, 0.05) is 73.2 Å². The molecule has 0 bridgehead atoms. The van der Waals surface area contributed by atoms with E-state index in [9.17, 15) is 9.59 Å². The van der Waals surface area contributed by atoms with Gasteiger partial charge >= 0.3 is 6.03 Å². The van der Waals surface area contributed by atoms with Crippen molar-refractivity contribution < 1.29 is 19.1 Å². The van der Waals surface area contributed by atoms with Gasteiger partial charge in [0.15, 0.2) is 0 Å². The van der Waals surface area contributed by atoms with E-state index in [1.54, 1.807) is 43.3 Å². The minimum Gasteiger partial charge on any atom is -0.495 e. The molecule has 0 radical (unpaired) electrons. The lowest BCUT2D eigenvalue weighted by Crippen LogP contribution is -2.58. The van der Waals surface area contributed by atoms with Crippen LogP contribution in [0.3, 0.4) is 0 Å². The van der Waals surface area contributed by atoms with E-state index in [2.05, 4.69) is 39.0 Å². The van der Waals surface area contributed by atoms with Gasteiger partial charge in [0.25, 0.3) is 5.91 Å². The number of allylic oxidation sites excluding steroid dienone is 1. The largest absolute Gasteiger partial charge is 0.495 e. The van der Waals surface area contributed by atoms with E-state index in [1.165, 1.54) is 0 Å². The number of ether oxygens (including phenoxy) is 2. The fourth-order valence-corrected chi connectivity index (χ4v) is 5.83. The molecule has 3 amide bonds. The maximum absolute atomic E-state index is 12.9. The topological polar surface area (TPSA) is 98.4 Å². The second-order valence-electron chi connectivity index (χ2n) is 10.5. The van der Waals surface area contributed by atoms with Crippen molar-refractivity contribution in [2.45, 2.75) is 19.4 Å². The Morgan fingerprint density at radius 1 is 0.975 bits per heavy atom. The van der Waals surface area contributed by atoms with Gasteiger partial charge in [-0.1, -0.05) is 0 Å². The number of anilines is 3. The number of benzene rings is 2. The van der Waals surface area contributed by atoms with Gasteiger partial charge in [-0.15, -0.1) is 0 Å². The first kappa shape index (κ1) is 27.9. The zero-order valence-electron chi connectivity index (χ0n) is 23.1. The summed E-state index contributed by atoms with van der Waals surface area (Å²) in [4.78, 5) is 29.7. The van der Waals surface area contributed by atoms with E-state index in [1.807, 2.05) is 41.4 Å². The van der Waals surface area contributed by atoms with Crippen LogP contribution in [0.4, 0.5) is 21.9 Å². The monoisotopic (exact) mass is 564 g/mol. The average molecular weight is 565 g/mol. The van der Waals surface area contributed by atoms with Crippen molar-refractivity contribution in [3.63, 3.8) is 0 Å². The first-order valence-corrected chi connectivity index (χ1v) is 14.2. The summed E-state index contributed by atoms with van der Waals surface area (Å²) < 4.78 is 13.1. The predicted octanol–water partition coefficient (Wildman–Crippen LogP) is 4.28. The molecule has 2 aromatic rings. The molecule has 2 saturated heterocycles. The molecule has 10 nitrogen and oxygen atoms in total. The van der Waals surface area contributed by atoms with Crippen molar-refractivity contribution in [3.05, 3.63) is 77.2 Å². The molecule has 3 N–H and O–H groups in total. The number of morpholine rings is 1. The Kier molecular flexibility index (Phi) is 8.53. The molecular weight excluding hydrogens is 528 g/mol. The second kappa shape index (κ2) is 12.2. The number of hydrogen-bond acceptors (Lipinski definition) is 8. The highest BCUT2D eigenvalue weighted by molar-refractivity contribution is 8.04. The number of amides is 3. The number of carbonyl (C=O) groups is 2. The number of piperazine rings is 1. The SMILES string of the molecule is COC1=CN(c2ccc(NC(=O)Nc3ccc(C(=O)N4CCNC(C)(C)C4)cc3)cc2)SC(N2CCOCC2)=C1. The molecule has 0 aromatic heterocycles. The summed E-state index contributed by atoms with van der Waals surface area (Å²) in [6, 6.07) is 14.3. The summed E-state index contributed by atoms with van der Waals surface area (Å²) in [6.45, 7) is 9.39. The Morgan fingerprint density at radius 3 is 2.25 bits per heavy atom. The van der Waals surface area contributed by atoms with Crippen LogP contribution < -0.4 is 20.3 Å². The second-order valence-corrected chi connectivity index (χ2v) is 11.5. The quantitative estimate of drug-likeness (QED) is 0.448. The van der Waals surface area contributed by atoms with Gasteiger partial charge in [0.05, 0.1) is 37.2 Å². The average Bonchev–Trinajstić information content (AvgIpc) is 2.97. The minimum absolute atomic E-state index is 0.00226. The molecule has 3 aliphatic rings. The number of nitrogens with zero attached hydrogens (tertiary/aromatic N) is 3. The van der Waals surface area contributed by atoms with E-state index in [4.69, 9.17) is 9.47 Å². The van der Waals surface area contributed by atoms with Gasteiger partial charge < -0.3 is 35.2 Å². The predicted molar refractivity (Wildman–Crippen MR) is 159 cm³/mol. The molecule has 40 heavy (non-hydrogen) atoms. The van der Waals surface area contributed by atoms with Crippen LogP contribution in [-0.2, 0) is 9.47 Å². The van der Waals surface area contributed by atoms with Crippen LogP contribution in [-0.4, -0.2) is 80.3 Å². The fraction of sp³-hybridized carbons (Fsp3) is 0.379. The van der Waals surface area contributed by atoms with Crippen LogP contribution >= 0.6 is 11.9 Å². The van der Waals surface area contributed by atoms with E-state index in [-0.39, 0.29) is 17.5 Å². The van der Waals surface area contributed by atoms with Gasteiger partial charge in [-0.05, 0) is 62.4 Å². The third-order valence-corrected chi connectivity index (χ3v) is 7.96. The van der Waals surface area contributed by atoms with Crippen LogP contribution in [0.2, 0.25) is 0 Å². The van der Waals surface area contributed by atoms with Crippen LogP contribution in [0, 0.1) is 0 Å². The Morgan fingerprint density at radius 2 is 1.62 bits per heavy atom. The molecule has 212 valence electrons. The van der Waals surface area contributed by atoms with Crippen molar-refractivity contribution in [3.8, 4) is 0 Å². The molecule has 3 heterocycles. The van der Waals surface area contributed by atoms with Gasteiger partial charge in [0.2, 0.25) is 0 Å². The summed E-state index contributed by atoms with van der Waals surface area (Å²) in [5, 5.41) is 10.2. The van der Waals surface area contributed by atoms with Crippen molar-refractivity contribution in [2.75, 3.05) is 68.0 Å². The molecule has 0 atom stereocenters. The molecule has 0 aliphatic carbocycles. The maximum atomic E-state index is 12.9. The third-order valence-electron chi connectivity index (χ3n) is 6.89. The molecule has 0 spiro atoms. The van der Waals surface area contributed by atoms with Gasteiger partial charge in [-0.2, -0.15) is 0 Å². The minimum atomic E-state index is -0.359. The molecule has 0 unspecified atom stereocenters. The highest BCUT2D eigenvalue weighted by atomic mass is 32.2. The maximum Gasteiger partial charge on any atom is 0.323 e. The smallest absolute Gasteiger partial charge is 0.323 e. The lowest BCUT2D eigenvalue weighted by atomic mass is 10.0. The van der Waals surface area contributed by atoms with Crippen LogP contribution in [0.1, 0.15) is 24.2 Å². The van der Waals surface area contributed by atoms with Crippen LogP contribution in [0.15, 0.2) is 71.6 Å². The summed E-state index contributed by atoms with van der Waals surface area (Å²) >= 11 is 1.62. The molecule has 11 heteroatoms. The highest BCUT2D eigenvalue weighted by Crippen LogP contribution is 2.36. The van der Waals surface area contributed by atoms with E-state index in [0.29, 0.717) is 43.2 Å². The standard InChI is InChI=1S/C29H36N6O4S/c1-29(2)20-34(13-12-30-29)27(36)21-4-6-22(7-5-21)31-28(37)32-23-8-10-24(11-9-23)35-19-25(38-3)18-26(40-35)33-14-16-39-17-15-33/h4-11,18-19,30H,12-17,20H2,1-3H3,(H2,31,32,37). The van der Waals surface area contributed by atoms with E-state index >= 15 is 0 Å². The molecule has 2 fully saturated rings. The Balaban J connectivity index is 1.16. The van der Waals surface area contributed by atoms with Gasteiger partial charge in [-0.3, -0.25) is 9.10 Å². The Labute approximate surface area is 239 Å². The first-order chi connectivity index (χ1) is 19.3. The number of hydrogen-bond donors (Lipinski definition) is 3. The number of methoxy groups -OCH3 is 1. The number of urea groups is 1. The summed E-state index contributed by atoms with van der Waals surface area (Å²) in [5.41, 5.74) is 2.72. The van der Waals surface area contributed by atoms with Crippen LogP contribution in [0.5, 0.6) is 0 Å². The molecule has 2 aromatic carbocycles. The number of rotatable bonds is 6. The lowest BCUT2D eigenvalue weighted by Gasteiger charge is -2.39. The Hall–Kier alpha value is -3.67. The summed E-state index contributed by atoms with van der Waals surface area (Å²) in [6.07, 6.45) is 3.99. The summed E-state index contributed by atoms with van der Waals surface area (Å²) in [7, 11) is 1.66. The number of nitrogens with one attached hydrogen (secondary N) is 3. The lowest BCUT2D eigenvalue weighted by molar-refractivity contribution is 0.0574. The zero-order valence-corrected chi connectivity index (χ0v) is 23.9.